The van der Waals surface area contributed by atoms with E-state index >= 15 is 0 Å². The van der Waals surface area contributed by atoms with Crippen LogP contribution < -0.4 is 5.32 Å². The summed E-state index contributed by atoms with van der Waals surface area (Å²) in [5.41, 5.74) is 2.66. The topological polar surface area (TPSA) is 81.4 Å². The molecule has 0 radical (unpaired) electrons. The second-order valence-corrected chi connectivity index (χ2v) is 6.16. The van der Waals surface area contributed by atoms with Crippen LogP contribution >= 0.6 is 0 Å². The number of aromatic nitrogens is 1. The zero-order valence-electron chi connectivity index (χ0n) is 14.1. The van der Waals surface area contributed by atoms with Crippen molar-refractivity contribution in [1.82, 2.24) is 5.16 Å². The lowest BCUT2D eigenvalue weighted by atomic mass is 9.93. The first-order valence-corrected chi connectivity index (χ1v) is 8.23. The SMILES string of the molecule is Cc1cc(NC(=O)c2ccc3c(c2)C[C@@H](c2ccccc2)OC3=O)no1. The highest BCUT2D eigenvalue weighted by atomic mass is 16.5. The maximum absolute atomic E-state index is 12.4. The number of rotatable bonds is 3. The van der Waals surface area contributed by atoms with Crippen LogP contribution in [-0.2, 0) is 11.2 Å². The molecule has 1 amide bonds. The number of carbonyl (C=O) groups excluding carboxylic acids is 2. The first-order valence-electron chi connectivity index (χ1n) is 8.23. The minimum atomic E-state index is -0.376. The molecule has 1 atom stereocenters. The summed E-state index contributed by atoms with van der Waals surface area (Å²) < 4.78 is 10.5. The molecule has 1 N–H and O–H groups in total. The van der Waals surface area contributed by atoms with E-state index in [0.29, 0.717) is 29.1 Å². The number of benzene rings is 2. The Morgan fingerprint density at radius 2 is 1.96 bits per heavy atom. The van der Waals surface area contributed by atoms with E-state index in [2.05, 4.69) is 10.5 Å². The van der Waals surface area contributed by atoms with E-state index in [1.54, 1.807) is 31.2 Å². The lowest BCUT2D eigenvalue weighted by Gasteiger charge is -2.25. The van der Waals surface area contributed by atoms with E-state index in [-0.39, 0.29) is 18.0 Å². The van der Waals surface area contributed by atoms with Gasteiger partial charge in [-0.25, -0.2) is 4.79 Å². The number of nitrogens with one attached hydrogen (secondary N) is 1. The Labute approximate surface area is 149 Å². The largest absolute Gasteiger partial charge is 0.454 e. The van der Waals surface area contributed by atoms with Gasteiger partial charge in [-0.2, -0.15) is 0 Å². The lowest BCUT2D eigenvalue weighted by Crippen LogP contribution is -2.23. The molecule has 130 valence electrons. The summed E-state index contributed by atoms with van der Waals surface area (Å²) in [5, 5.41) is 6.43. The van der Waals surface area contributed by atoms with Crippen LogP contribution in [0.25, 0.3) is 0 Å². The molecule has 4 rings (SSSR count). The van der Waals surface area contributed by atoms with Gasteiger partial charge < -0.3 is 14.6 Å². The van der Waals surface area contributed by atoms with Crippen molar-refractivity contribution in [3.8, 4) is 0 Å². The standard InChI is InChI=1S/C20H16N2O4/c1-12-9-18(22-26-12)21-19(23)14-7-8-16-15(10-14)11-17(25-20(16)24)13-5-3-2-4-6-13/h2-10,17H,11H2,1H3,(H,21,22,23)/t17-/m0/s1. The van der Waals surface area contributed by atoms with Crippen molar-refractivity contribution in [2.75, 3.05) is 5.32 Å². The molecular weight excluding hydrogens is 332 g/mol. The first kappa shape index (κ1) is 16.1. The molecule has 0 aliphatic carbocycles. The third kappa shape index (κ3) is 3.09. The van der Waals surface area contributed by atoms with Crippen molar-refractivity contribution in [3.05, 3.63) is 82.6 Å². The molecule has 0 fully saturated rings. The number of hydrogen-bond donors (Lipinski definition) is 1. The molecule has 2 heterocycles. The van der Waals surface area contributed by atoms with E-state index in [1.807, 2.05) is 30.3 Å². The molecule has 26 heavy (non-hydrogen) atoms. The van der Waals surface area contributed by atoms with Crippen molar-refractivity contribution in [3.63, 3.8) is 0 Å². The van der Waals surface area contributed by atoms with E-state index in [4.69, 9.17) is 9.26 Å². The second-order valence-electron chi connectivity index (χ2n) is 6.16. The molecule has 0 saturated carbocycles. The van der Waals surface area contributed by atoms with Gasteiger partial charge in [-0.05, 0) is 36.2 Å². The van der Waals surface area contributed by atoms with Crippen molar-refractivity contribution in [2.24, 2.45) is 0 Å². The van der Waals surface area contributed by atoms with Gasteiger partial charge in [0.2, 0.25) is 0 Å². The Kier molecular flexibility index (Phi) is 4.01. The molecule has 0 unspecified atom stereocenters. The average molecular weight is 348 g/mol. The van der Waals surface area contributed by atoms with Gasteiger partial charge in [0.05, 0.1) is 5.56 Å². The molecule has 6 nitrogen and oxygen atoms in total. The van der Waals surface area contributed by atoms with E-state index in [0.717, 1.165) is 11.1 Å². The third-order valence-electron chi connectivity index (χ3n) is 4.28. The Morgan fingerprint density at radius 3 is 2.69 bits per heavy atom. The van der Waals surface area contributed by atoms with E-state index < -0.39 is 0 Å². The number of esters is 1. The van der Waals surface area contributed by atoms with Crippen LogP contribution in [0, 0.1) is 6.92 Å². The molecule has 0 spiro atoms. The summed E-state index contributed by atoms with van der Waals surface area (Å²) in [6, 6.07) is 16.2. The van der Waals surface area contributed by atoms with Gasteiger partial charge in [0.15, 0.2) is 5.82 Å². The molecule has 1 aliphatic rings. The van der Waals surface area contributed by atoms with Crippen LogP contribution in [0.5, 0.6) is 0 Å². The van der Waals surface area contributed by atoms with Crippen LogP contribution in [-0.4, -0.2) is 17.0 Å². The molecule has 1 aromatic heterocycles. The maximum atomic E-state index is 12.4. The Morgan fingerprint density at radius 1 is 1.15 bits per heavy atom. The van der Waals surface area contributed by atoms with E-state index in [1.165, 1.54) is 0 Å². The maximum Gasteiger partial charge on any atom is 0.339 e. The van der Waals surface area contributed by atoms with Gasteiger partial charge in [0, 0.05) is 18.1 Å². The number of amides is 1. The number of cyclic esters (lactones) is 1. The normalized spacial score (nSPS) is 15.9. The number of fused-ring (bicyclic) bond motifs is 1. The summed E-state index contributed by atoms with van der Waals surface area (Å²) in [7, 11) is 0. The molecule has 6 heteroatoms. The predicted molar refractivity (Wildman–Crippen MR) is 93.9 cm³/mol. The summed E-state index contributed by atoms with van der Waals surface area (Å²) in [5.74, 6) is 0.279. The van der Waals surface area contributed by atoms with Gasteiger partial charge in [0.1, 0.15) is 11.9 Å². The van der Waals surface area contributed by atoms with Crippen molar-refractivity contribution in [1.29, 1.82) is 0 Å². The average Bonchev–Trinajstić information content (AvgIpc) is 3.06. The molecule has 1 aliphatic heterocycles. The highest BCUT2D eigenvalue weighted by Crippen LogP contribution is 2.31. The summed E-state index contributed by atoms with van der Waals surface area (Å²) in [4.78, 5) is 24.7. The number of hydrogen-bond acceptors (Lipinski definition) is 5. The fraction of sp³-hybridized carbons (Fsp3) is 0.150. The summed E-state index contributed by atoms with van der Waals surface area (Å²) >= 11 is 0. The predicted octanol–water partition coefficient (Wildman–Crippen LogP) is 3.69. The summed E-state index contributed by atoms with van der Waals surface area (Å²) in [6.45, 7) is 1.75. The van der Waals surface area contributed by atoms with Crippen molar-refractivity contribution >= 4 is 17.7 Å². The third-order valence-corrected chi connectivity index (χ3v) is 4.28. The van der Waals surface area contributed by atoms with Crippen LogP contribution in [0.2, 0.25) is 0 Å². The number of aryl methyl sites for hydroxylation is 1. The van der Waals surface area contributed by atoms with Crippen LogP contribution in [0.3, 0.4) is 0 Å². The zero-order chi connectivity index (χ0) is 18.1. The zero-order valence-corrected chi connectivity index (χ0v) is 14.1. The highest BCUT2D eigenvalue weighted by Gasteiger charge is 2.28. The molecule has 2 aromatic carbocycles. The minimum absolute atomic E-state index is 0.309. The fourth-order valence-electron chi connectivity index (χ4n) is 3.00. The molecule has 3 aromatic rings. The monoisotopic (exact) mass is 348 g/mol. The van der Waals surface area contributed by atoms with Crippen LogP contribution in [0.15, 0.2) is 59.1 Å². The number of anilines is 1. The van der Waals surface area contributed by atoms with Gasteiger partial charge in [-0.1, -0.05) is 35.5 Å². The smallest absolute Gasteiger partial charge is 0.339 e. The van der Waals surface area contributed by atoms with Crippen LogP contribution in [0.1, 0.15) is 43.7 Å². The fourth-order valence-corrected chi connectivity index (χ4v) is 3.00. The van der Waals surface area contributed by atoms with Gasteiger partial charge in [-0.3, -0.25) is 4.79 Å². The van der Waals surface area contributed by atoms with Crippen LogP contribution in [0.4, 0.5) is 5.82 Å². The molecule has 0 saturated heterocycles. The molecule has 0 bridgehead atoms. The highest BCUT2D eigenvalue weighted by molar-refractivity contribution is 6.04. The summed E-state index contributed by atoms with van der Waals surface area (Å²) in [6.07, 6.45) is 0.169. The second kappa shape index (κ2) is 6.48. The molecular formula is C20H16N2O4. The van der Waals surface area contributed by atoms with Gasteiger partial charge in [0.25, 0.3) is 5.91 Å². The Balaban J connectivity index is 1.59. The van der Waals surface area contributed by atoms with E-state index in [9.17, 15) is 9.59 Å². The number of ether oxygens (including phenoxy) is 1. The first-order chi connectivity index (χ1) is 12.6. The lowest BCUT2D eigenvalue weighted by molar-refractivity contribution is 0.0252. The minimum Gasteiger partial charge on any atom is -0.454 e. The quantitative estimate of drug-likeness (QED) is 0.730. The number of nitrogens with zero attached hydrogens (tertiary/aromatic N) is 1. The van der Waals surface area contributed by atoms with Gasteiger partial charge >= 0.3 is 5.97 Å². The Hall–Kier alpha value is -3.41. The van der Waals surface area contributed by atoms with Crippen molar-refractivity contribution in [2.45, 2.75) is 19.4 Å². The Bertz CT molecular complexity index is 978. The van der Waals surface area contributed by atoms with Crippen molar-refractivity contribution < 1.29 is 18.8 Å². The van der Waals surface area contributed by atoms with Gasteiger partial charge in [-0.15, -0.1) is 0 Å². The number of carbonyl (C=O) groups is 2.